The maximum atomic E-state index is 12.1. The highest BCUT2D eigenvalue weighted by Crippen LogP contribution is 2.17. The first-order valence-electron chi connectivity index (χ1n) is 8.33. The Kier molecular flexibility index (Phi) is 4.34. The van der Waals surface area contributed by atoms with Crippen molar-refractivity contribution in [1.29, 1.82) is 0 Å². The Bertz CT molecular complexity index is 870. The van der Waals surface area contributed by atoms with Crippen LogP contribution in [-0.2, 0) is 13.1 Å². The van der Waals surface area contributed by atoms with Gasteiger partial charge < -0.3 is 4.90 Å². The molecule has 128 valence electrons. The first-order valence-corrected chi connectivity index (χ1v) is 8.33. The summed E-state index contributed by atoms with van der Waals surface area (Å²) >= 11 is 0. The van der Waals surface area contributed by atoms with E-state index in [2.05, 4.69) is 25.2 Å². The predicted octanol–water partition coefficient (Wildman–Crippen LogP) is 0.529. The first-order chi connectivity index (χ1) is 12.3. The van der Waals surface area contributed by atoms with E-state index in [1.54, 1.807) is 46.4 Å². The lowest BCUT2D eigenvalue weighted by atomic mass is 10.0. The molecule has 25 heavy (non-hydrogen) atoms. The van der Waals surface area contributed by atoms with Crippen LogP contribution in [0, 0.1) is 5.92 Å². The second-order valence-electron chi connectivity index (χ2n) is 6.23. The van der Waals surface area contributed by atoms with Crippen LogP contribution in [0.5, 0.6) is 0 Å². The van der Waals surface area contributed by atoms with Crippen LogP contribution in [0.2, 0.25) is 0 Å². The molecule has 1 fully saturated rings. The summed E-state index contributed by atoms with van der Waals surface area (Å²) in [5.74, 6) is 0.444. The number of hydrogen-bond donors (Lipinski definition) is 0. The van der Waals surface area contributed by atoms with Crippen molar-refractivity contribution in [3.05, 3.63) is 59.4 Å². The van der Waals surface area contributed by atoms with Crippen LogP contribution >= 0.6 is 0 Å². The monoisotopic (exact) mass is 337 g/mol. The average Bonchev–Trinajstić information content (AvgIpc) is 3.12. The van der Waals surface area contributed by atoms with Crippen LogP contribution in [0.15, 0.2) is 53.8 Å². The van der Waals surface area contributed by atoms with E-state index >= 15 is 0 Å². The molecule has 0 N–H and O–H groups in total. The Morgan fingerprint density at radius 3 is 2.64 bits per heavy atom. The van der Waals surface area contributed by atoms with Gasteiger partial charge in [0.05, 0.1) is 31.2 Å². The molecule has 1 aliphatic rings. The standard InChI is InChI=1S/C17H19N7O/c25-17-4-3-16(15-2-1-5-18-10-15)21-23(17)13-14-11-22(12-14)8-9-24-19-6-7-20-24/h1-7,10,14H,8-9,11-13H2. The van der Waals surface area contributed by atoms with Crippen molar-refractivity contribution in [2.24, 2.45) is 5.92 Å². The first kappa shape index (κ1) is 15.6. The van der Waals surface area contributed by atoms with Crippen LogP contribution in [0.25, 0.3) is 11.3 Å². The molecule has 1 aliphatic heterocycles. The summed E-state index contributed by atoms with van der Waals surface area (Å²) in [4.78, 5) is 20.2. The lowest BCUT2D eigenvalue weighted by molar-refractivity contribution is 0.0781. The Hall–Kier alpha value is -2.87. The zero-order chi connectivity index (χ0) is 17.1. The molecule has 4 heterocycles. The van der Waals surface area contributed by atoms with E-state index in [0.717, 1.165) is 37.4 Å². The van der Waals surface area contributed by atoms with Crippen molar-refractivity contribution in [3.8, 4) is 11.3 Å². The fourth-order valence-electron chi connectivity index (χ4n) is 3.06. The van der Waals surface area contributed by atoms with E-state index in [4.69, 9.17) is 0 Å². The molecule has 0 amide bonds. The number of nitrogens with zero attached hydrogens (tertiary/aromatic N) is 7. The topological polar surface area (TPSA) is 81.7 Å². The second kappa shape index (κ2) is 6.94. The Labute approximate surface area is 144 Å². The molecule has 0 saturated carbocycles. The van der Waals surface area contributed by atoms with E-state index in [1.165, 1.54) is 0 Å². The van der Waals surface area contributed by atoms with Crippen LogP contribution < -0.4 is 5.56 Å². The zero-order valence-corrected chi connectivity index (χ0v) is 13.8. The second-order valence-corrected chi connectivity index (χ2v) is 6.23. The predicted molar refractivity (Wildman–Crippen MR) is 91.7 cm³/mol. The number of aromatic nitrogens is 6. The van der Waals surface area contributed by atoms with Crippen LogP contribution in [0.1, 0.15) is 0 Å². The van der Waals surface area contributed by atoms with E-state index in [9.17, 15) is 4.79 Å². The summed E-state index contributed by atoms with van der Waals surface area (Å²) in [6.07, 6.45) is 6.85. The van der Waals surface area contributed by atoms with E-state index in [1.807, 2.05) is 12.1 Å². The van der Waals surface area contributed by atoms with Crippen LogP contribution in [-0.4, -0.2) is 54.3 Å². The summed E-state index contributed by atoms with van der Waals surface area (Å²) in [6.45, 7) is 4.28. The van der Waals surface area contributed by atoms with Gasteiger partial charge in [-0.1, -0.05) is 0 Å². The van der Waals surface area contributed by atoms with Gasteiger partial charge in [0.25, 0.3) is 5.56 Å². The summed E-state index contributed by atoms with van der Waals surface area (Å²) in [5.41, 5.74) is 1.62. The quantitative estimate of drug-likeness (QED) is 0.653. The Morgan fingerprint density at radius 1 is 1.04 bits per heavy atom. The third kappa shape index (κ3) is 3.63. The summed E-state index contributed by atoms with van der Waals surface area (Å²) in [5, 5.41) is 12.7. The van der Waals surface area contributed by atoms with E-state index in [-0.39, 0.29) is 5.56 Å². The third-order valence-corrected chi connectivity index (χ3v) is 4.37. The van der Waals surface area contributed by atoms with E-state index in [0.29, 0.717) is 12.5 Å². The molecule has 0 aromatic carbocycles. The molecular weight excluding hydrogens is 318 g/mol. The Balaban J connectivity index is 1.35. The molecule has 8 heteroatoms. The molecule has 3 aromatic rings. The van der Waals surface area contributed by atoms with Gasteiger partial charge in [-0.05, 0) is 18.2 Å². The van der Waals surface area contributed by atoms with Gasteiger partial charge in [-0.15, -0.1) is 0 Å². The van der Waals surface area contributed by atoms with Gasteiger partial charge in [0.15, 0.2) is 0 Å². The number of pyridine rings is 1. The van der Waals surface area contributed by atoms with Crippen molar-refractivity contribution in [2.75, 3.05) is 19.6 Å². The largest absolute Gasteiger partial charge is 0.301 e. The molecule has 1 saturated heterocycles. The maximum absolute atomic E-state index is 12.1. The van der Waals surface area contributed by atoms with Crippen molar-refractivity contribution in [2.45, 2.75) is 13.1 Å². The lowest BCUT2D eigenvalue weighted by Gasteiger charge is -2.39. The lowest BCUT2D eigenvalue weighted by Crippen LogP contribution is -2.50. The Morgan fingerprint density at radius 2 is 1.88 bits per heavy atom. The molecule has 0 aliphatic carbocycles. The number of hydrogen-bond acceptors (Lipinski definition) is 6. The number of rotatable bonds is 6. The van der Waals surface area contributed by atoms with E-state index < -0.39 is 0 Å². The summed E-state index contributed by atoms with van der Waals surface area (Å²) in [7, 11) is 0. The summed E-state index contributed by atoms with van der Waals surface area (Å²) < 4.78 is 1.57. The van der Waals surface area contributed by atoms with Crippen molar-refractivity contribution in [1.82, 2.24) is 34.7 Å². The minimum atomic E-state index is -0.0631. The SMILES string of the molecule is O=c1ccc(-c2cccnc2)nn1CC1CN(CCn2nccn2)C1. The average molecular weight is 337 g/mol. The molecular formula is C17H19N7O. The molecule has 4 rings (SSSR count). The van der Waals surface area contributed by atoms with Crippen molar-refractivity contribution >= 4 is 0 Å². The highest BCUT2D eigenvalue weighted by molar-refractivity contribution is 5.56. The van der Waals surface area contributed by atoms with Crippen LogP contribution in [0.3, 0.4) is 0 Å². The minimum Gasteiger partial charge on any atom is -0.301 e. The molecule has 0 atom stereocenters. The fourth-order valence-corrected chi connectivity index (χ4v) is 3.06. The van der Waals surface area contributed by atoms with Gasteiger partial charge in [0.2, 0.25) is 0 Å². The number of likely N-dealkylation sites (tertiary alicyclic amines) is 1. The third-order valence-electron chi connectivity index (χ3n) is 4.37. The highest BCUT2D eigenvalue weighted by atomic mass is 16.1. The maximum Gasteiger partial charge on any atom is 0.266 e. The van der Waals surface area contributed by atoms with Gasteiger partial charge >= 0.3 is 0 Å². The molecule has 0 spiro atoms. The van der Waals surface area contributed by atoms with Gasteiger partial charge in [0.1, 0.15) is 0 Å². The molecule has 0 unspecified atom stereocenters. The van der Waals surface area contributed by atoms with Gasteiger partial charge in [-0.3, -0.25) is 9.78 Å². The minimum absolute atomic E-state index is 0.0631. The van der Waals surface area contributed by atoms with Crippen molar-refractivity contribution in [3.63, 3.8) is 0 Å². The van der Waals surface area contributed by atoms with Gasteiger partial charge in [-0.2, -0.15) is 20.1 Å². The fraction of sp³-hybridized carbons (Fsp3) is 0.353. The molecule has 8 nitrogen and oxygen atoms in total. The highest BCUT2D eigenvalue weighted by Gasteiger charge is 2.27. The summed E-state index contributed by atoms with van der Waals surface area (Å²) in [6, 6.07) is 7.14. The molecule has 3 aromatic heterocycles. The zero-order valence-electron chi connectivity index (χ0n) is 13.8. The molecule has 0 radical (unpaired) electrons. The van der Waals surface area contributed by atoms with Crippen molar-refractivity contribution < 1.29 is 0 Å². The molecule has 0 bridgehead atoms. The van der Waals surface area contributed by atoms with Crippen LogP contribution in [0.4, 0.5) is 0 Å². The smallest absolute Gasteiger partial charge is 0.266 e. The van der Waals surface area contributed by atoms with Gasteiger partial charge in [0, 0.05) is 49.6 Å². The normalized spacial score (nSPS) is 15.2. The van der Waals surface area contributed by atoms with Gasteiger partial charge in [-0.25, -0.2) is 4.68 Å².